The van der Waals surface area contributed by atoms with Crippen LogP contribution in [0.5, 0.6) is 0 Å². The van der Waals surface area contributed by atoms with Gasteiger partial charge in [-0.05, 0) is 30.9 Å². The molecule has 4 N–H and O–H groups in total. The third-order valence-corrected chi connectivity index (χ3v) is 3.60. The molecule has 20 heavy (non-hydrogen) atoms. The molecule has 1 saturated heterocycles. The molecule has 1 fully saturated rings. The van der Waals surface area contributed by atoms with E-state index >= 15 is 0 Å². The lowest BCUT2D eigenvalue weighted by Crippen LogP contribution is -2.40. The number of hydrogen-bond acceptors (Lipinski definition) is 2. The second kappa shape index (κ2) is 5.90. The van der Waals surface area contributed by atoms with Crippen molar-refractivity contribution < 1.29 is 9.18 Å². The summed E-state index contributed by atoms with van der Waals surface area (Å²) in [7, 11) is 0. The molecule has 1 aromatic rings. The van der Waals surface area contributed by atoms with Crippen molar-refractivity contribution in [3.63, 3.8) is 0 Å². The van der Waals surface area contributed by atoms with Crippen molar-refractivity contribution in [2.24, 2.45) is 11.7 Å². The van der Waals surface area contributed by atoms with Crippen LogP contribution in [-0.4, -0.2) is 29.9 Å². The SMILES string of the molecule is CC1CCN(C(=O)Nc2cccc(F)c2C(=N)N)CC1. The highest BCUT2D eigenvalue weighted by Gasteiger charge is 2.21. The zero-order valence-corrected chi connectivity index (χ0v) is 11.4. The lowest BCUT2D eigenvalue weighted by atomic mass is 10.00. The molecule has 0 spiro atoms. The molecular formula is C14H19FN4O. The summed E-state index contributed by atoms with van der Waals surface area (Å²) in [5.74, 6) is -0.380. The summed E-state index contributed by atoms with van der Waals surface area (Å²) in [6, 6.07) is 3.97. The Hall–Kier alpha value is -2.11. The summed E-state index contributed by atoms with van der Waals surface area (Å²) in [6.07, 6.45) is 1.94. The smallest absolute Gasteiger partial charge is 0.321 e. The number of halogens is 1. The highest BCUT2D eigenvalue weighted by atomic mass is 19.1. The number of hydrogen-bond donors (Lipinski definition) is 3. The van der Waals surface area contributed by atoms with Crippen LogP contribution < -0.4 is 11.1 Å². The molecule has 1 heterocycles. The van der Waals surface area contributed by atoms with Gasteiger partial charge in [0.05, 0.1) is 11.3 Å². The fraction of sp³-hybridized carbons (Fsp3) is 0.429. The van der Waals surface area contributed by atoms with E-state index in [1.54, 1.807) is 11.0 Å². The Morgan fingerprint density at radius 2 is 2.10 bits per heavy atom. The van der Waals surface area contributed by atoms with Gasteiger partial charge in [0, 0.05) is 13.1 Å². The van der Waals surface area contributed by atoms with E-state index in [0.717, 1.165) is 12.8 Å². The maximum absolute atomic E-state index is 13.7. The van der Waals surface area contributed by atoms with E-state index in [9.17, 15) is 9.18 Å². The third-order valence-electron chi connectivity index (χ3n) is 3.60. The number of amidine groups is 1. The zero-order chi connectivity index (χ0) is 14.7. The van der Waals surface area contributed by atoms with E-state index in [1.165, 1.54) is 12.1 Å². The molecule has 0 aromatic heterocycles. The molecule has 2 amide bonds. The van der Waals surface area contributed by atoms with Crippen LogP contribution in [0, 0.1) is 17.1 Å². The minimum Gasteiger partial charge on any atom is -0.384 e. The van der Waals surface area contributed by atoms with Crippen molar-refractivity contribution in [1.82, 2.24) is 4.90 Å². The van der Waals surface area contributed by atoms with Gasteiger partial charge in [-0.1, -0.05) is 13.0 Å². The van der Waals surface area contributed by atoms with Gasteiger partial charge in [0.2, 0.25) is 0 Å². The van der Waals surface area contributed by atoms with Crippen molar-refractivity contribution in [1.29, 1.82) is 5.41 Å². The number of nitrogen functional groups attached to an aromatic ring is 1. The number of nitrogens with one attached hydrogen (secondary N) is 2. The standard InChI is InChI=1S/C14H19FN4O/c1-9-5-7-19(8-6-9)14(20)18-11-4-2-3-10(15)12(11)13(16)17/h2-4,9H,5-8H2,1H3,(H3,16,17)(H,18,20). The molecule has 108 valence electrons. The highest BCUT2D eigenvalue weighted by molar-refractivity contribution is 6.04. The van der Waals surface area contributed by atoms with Crippen LogP contribution in [0.3, 0.4) is 0 Å². The van der Waals surface area contributed by atoms with Crippen molar-refractivity contribution in [2.75, 3.05) is 18.4 Å². The van der Waals surface area contributed by atoms with Crippen molar-refractivity contribution in [3.05, 3.63) is 29.6 Å². The summed E-state index contributed by atoms with van der Waals surface area (Å²) >= 11 is 0. The fourth-order valence-electron chi connectivity index (χ4n) is 2.31. The Labute approximate surface area is 117 Å². The third kappa shape index (κ3) is 3.07. The number of amides is 2. The molecule has 6 heteroatoms. The lowest BCUT2D eigenvalue weighted by Gasteiger charge is -2.30. The first kappa shape index (κ1) is 14.3. The number of carbonyl (C=O) groups excluding carboxylic acids is 1. The number of carbonyl (C=O) groups is 1. The molecule has 2 rings (SSSR count). The molecular weight excluding hydrogens is 259 g/mol. The first-order chi connectivity index (χ1) is 9.49. The first-order valence-electron chi connectivity index (χ1n) is 6.68. The second-order valence-corrected chi connectivity index (χ2v) is 5.18. The Kier molecular flexibility index (Phi) is 4.22. The van der Waals surface area contributed by atoms with Gasteiger partial charge in [-0.2, -0.15) is 0 Å². The van der Waals surface area contributed by atoms with Gasteiger partial charge in [0.1, 0.15) is 11.7 Å². The van der Waals surface area contributed by atoms with Crippen LogP contribution >= 0.6 is 0 Å². The highest BCUT2D eigenvalue weighted by Crippen LogP contribution is 2.21. The molecule has 0 unspecified atom stereocenters. The largest absolute Gasteiger partial charge is 0.384 e. The number of nitrogens with two attached hydrogens (primary N) is 1. The first-order valence-corrected chi connectivity index (χ1v) is 6.68. The Morgan fingerprint density at radius 3 is 2.70 bits per heavy atom. The molecule has 0 bridgehead atoms. The van der Waals surface area contributed by atoms with Gasteiger partial charge < -0.3 is 16.0 Å². The molecule has 1 aromatic carbocycles. The van der Waals surface area contributed by atoms with Gasteiger partial charge in [-0.15, -0.1) is 0 Å². The topological polar surface area (TPSA) is 82.2 Å². The summed E-state index contributed by atoms with van der Waals surface area (Å²) in [5, 5.41) is 10.0. The maximum atomic E-state index is 13.7. The summed E-state index contributed by atoms with van der Waals surface area (Å²) in [5.41, 5.74) is 5.54. The molecule has 0 atom stereocenters. The number of likely N-dealkylation sites (tertiary alicyclic amines) is 1. The predicted octanol–water partition coefficient (Wildman–Crippen LogP) is 2.37. The lowest BCUT2D eigenvalue weighted by molar-refractivity contribution is 0.186. The number of benzene rings is 1. The maximum Gasteiger partial charge on any atom is 0.321 e. The van der Waals surface area contributed by atoms with Crippen LogP contribution in [0.1, 0.15) is 25.3 Å². The van der Waals surface area contributed by atoms with Gasteiger partial charge in [0.15, 0.2) is 0 Å². The quantitative estimate of drug-likeness (QED) is 0.573. The van der Waals surface area contributed by atoms with Crippen LogP contribution in [0.2, 0.25) is 0 Å². The molecule has 5 nitrogen and oxygen atoms in total. The Morgan fingerprint density at radius 1 is 1.45 bits per heavy atom. The van der Waals surface area contributed by atoms with Gasteiger partial charge in [0.25, 0.3) is 0 Å². The number of anilines is 1. The van der Waals surface area contributed by atoms with E-state index in [-0.39, 0.29) is 17.3 Å². The monoisotopic (exact) mass is 278 g/mol. The number of nitrogens with zero attached hydrogens (tertiary/aromatic N) is 1. The van der Waals surface area contributed by atoms with Crippen molar-refractivity contribution in [3.8, 4) is 0 Å². The van der Waals surface area contributed by atoms with Gasteiger partial charge in [-0.3, -0.25) is 5.41 Å². The van der Waals surface area contributed by atoms with Gasteiger partial charge in [-0.25, -0.2) is 9.18 Å². The number of urea groups is 1. The summed E-state index contributed by atoms with van der Waals surface area (Å²) in [6.45, 7) is 3.55. The second-order valence-electron chi connectivity index (χ2n) is 5.18. The average Bonchev–Trinajstić information content (AvgIpc) is 2.39. The minimum atomic E-state index is -0.609. The molecule has 1 aliphatic heterocycles. The summed E-state index contributed by atoms with van der Waals surface area (Å²) in [4.78, 5) is 13.8. The Bertz CT molecular complexity index is 524. The van der Waals surface area contributed by atoms with Crippen molar-refractivity contribution in [2.45, 2.75) is 19.8 Å². The average molecular weight is 278 g/mol. The fourth-order valence-corrected chi connectivity index (χ4v) is 2.31. The predicted molar refractivity (Wildman–Crippen MR) is 76.4 cm³/mol. The van der Waals surface area contributed by atoms with Crippen LogP contribution in [0.4, 0.5) is 14.9 Å². The molecule has 0 saturated carbocycles. The minimum absolute atomic E-state index is 0.0637. The Balaban J connectivity index is 2.12. The number of piperidine rings is 1. The van der Waals surface area contributed by atoms with Crippen molar-refractivity contribution >= 4 is 17.6 Å². The molecule has 0 radical (unpaired) electrons. The van der Waals surface area contributed by atoms with Crippen LogP contribution in [-0.2, 0) is 0 Å². The zero-order valence-electron chi connectivity index (χ0n) is 11.4. The van der Waals surface area contributed by atoms with Gasteiger partial charge >= 0.3 is 6.03 Å². The molecule has 0 aliphatic carbocycles. The van der Waals surface area contributed by atoms with E-state index < -0.39 is 11.7 Å². The van der Waals surface area contributed by atoms with E-state index in [1.807, 2.05) is 0 Å². The van der Waals surface area contributed by atoms with E-state index in [4.69, 9.17) is 11.1 Å². The molecule has 1 aliphatic rings. The van der Waals surface area contributed by atoms with Crippen LogP contribution in [0.15, 0.2) is 18.2 Å². The van der Waals surface area contributed by atoms with Crippen LogP contribution in [0.25, 0.3) is 0 Å². The van der Waals surface area contributed by atoms with E-state index in [0.29, 0.717) is 19.0 Å². The van der Waals surface area contributed by atoms with E-state index in [2.05, 4.69) is 12.2 Å². The number of rotatable bonds is 2. The summed E-state index contributed by atoms with van der Waals surface area (Å²) < 4.78 is 13.7. The normalized spacial score (nSPS) is 16.0.